The maximum atomic E-state index is 14.6. The fourth-order valence-electron chi connectivity index (χ4n) is 6.68. The Balaban J connectivity index is 1.44. The van der Waals surface area contributed by atoms with Crippen LogP contribution in [0.2, 0.25) is 0 Å². The fraction of sp³-hybridized carbons (Fsp3) is 0.316. The van der Waals surface area contributed by atoms with Gasteiger partial charge in [0.1, 0.15) is 11.9 Å². The minimum atomic E-state index is -0.577. The van der Waals surface area contributed by atoms with Crippen LogP contribution in [0.1, 0.15) is 59.5 Å². The van der Waals surface area contributed by atoms with Gasteiger partial charge in [0.15, 0.2) is 23.0 Å². The maximum absolute atomic E-state index is 14.6. The first-order valence-electron chi connectivity index (χ1n) is 16.0. The van der Waals surface area contributed by atoms with E-state index in [2.05, 4.69) is 33.4 Å². The van der Waals surface area contributed by atoms with Crippen LogP contribution in [0.15, 0.2) is 84.9 Å². The molecular formula is C38H42N4O5. The van der Waals surface area contributed by atoms with Crippen molar-refractivity contribution in [2.45, 2.75) is 44.3 Å². The molecule has 0 aliphatic carbocycles. The summed E-state index contributed by atoms with van der Waals surface area (Å²) >= 11 is 0. The molecule has 0 saturated heterocycles. The summed E-state index contributed by atoms with van der Waals surface area (Å²) in [7, 11) is 6.59. The molecule has 1 aromatic heterocycles. The highest BCUT2D eigenvalue weighted by molar-refractivity contribution is 5.84. The van der Waals surface area contributed by atoms with Crippen molar-refractivity contribution in [3.05, 3.63) is 113 Å². The molecule has 2 N–H and O–H groups in total. The topological polar surface area (TPSA) is 97.9 Å². The average molecular weight is 635 g/mol. The quantitative estimate of drug-likeness (QED) is 0.166. The number of H-pyrrole nitrogens is 1. The first kappa shape index (κ1) is 31.9. The molecule has 47 heavy (non-hydrogen) atoms. The van der Waals surface area contributed by atoms with Crippen molar-refractivity contribution in [3.63, 3.8) is 0 Å². The van der Waals surface area contributed by atoms with E-state index in [9.17, 15) is 4.79 Å². The van der Waals surface area contributed by atoms with Crippen molar-refractivity contribution in [1.82, 2.24) is 20.2 Å². The van der Waals surface area contributed by atoms with Gasteiger partial charge in [0.25, 0.3) is 0 Å². The Morgan fingerprint density at radius 1 is 0.872 bits per heavy atom. The van der Waals surface area contributed by atoms with Crippen molar-refractivity contribution >= 4 is 16.9 Å². The number of methoxy groups -OCH3 is 4. The summed E-state index contributed by atoms with van der Waals surface area (Å²) in [5.41, 5.74) is 6.07. The van der Waals surface area contributed by atoms with Crippen molar-refractivity contribution < 1.29 is 23.7 Å². The van der Waals surface area contributed by atoms with Crippen LogP contribution >= 0.6 is 0 Å². The molecule has 0 bridgehead atoms. The van der Waals surface area contributed by atoms with E-state index in [1.165, 1.54) is 5.56 Å². The number of benzene rings is 4. The number of ether oxygens (including phenoxy) is 4. The normalized spacial score (nSPS) is 16.1. The van der Waals surface area contributed by atoms with E-state index < -0.39 is 6.04 Å². The van der Waals surface area contributed by atoms with E-state index in [4.69, 9.17) is 23.9 Å². The third kappa shape index (κ3) is 6.62. The number of carbonyl (C=O) groups excluding carboxylic acids is 1. The van der Waals surface area contributed by atoms with Crippen LogP contribution in [0, 0.1) is 0 Å². The SMILES string of the molecule is COc1ccc(CC2c3cc(OC)c(OC)cc3CCCN2C(C(=O)NC(C)c2nc3ccccc3[nH]2)c2ccccc2)cc1OC. The molecule has 0 saturated carbocycles. The van der Waals surface area contributed by atoms with Gasteiger partial charge < -0.3 is 29.2 Å². The number of aromatic amines is 1. The van der Waals surface area contributed by atoms with Gasteiger partial charge in [0.2, 0.25) is 5.91 Å². The Bertz CT molecular complexity index is 1810. The Morgan fingerprint density at radius 2 is 1.55 bits per heavy atom. The molecular weight excluding hydrogens is 592 g/mol. The first-order chi connectivity index (χ1) is 22.9. The highest BCUT2D eigenvalue weighted by atomic mass is 16.5. The summed E-state index contributed by atoms with van der Waals surface area (Å²) < 4.78 is 22.7. The number of nitrogens with zero attached hydrogens (tertiary/aromatic N) is 2. The lowest BCUT2D eigenvalue weighted by Crippen LogP contribution is -2.44. The Kier molecular flexibility index (Phi) is 9.63. The molecule has 1 amide bonds. The molecule has 9 nitrogen and oxygen atoms in total. The summed E-state index contributed by atoms with van der Waals surface area (Å²) in [6.07, 6.45) is 2.33. The predicted octanol–water partition coefficient (Wildman–Crippen LogP) is 6.75. The Morgan fingerprint density at radius 3 is 2.28 bits per heavy atom. The molecule has 244 valence electrons. The van der Waals surface area contributed by atoms with Crippen LogP contribution < -0.4 is 24.3 Å². The van der Waals surface area contributed by atoms with Gasteiger partial charge >= 0.3 is 0 Å². The number of carbonyl (C=O) groups is 1. The van der Waals surface area contributed by atoms with E-state index in [1.54, 1.807) is 28.4 Å². The van der Waals surface area contributed by atoms with Gasteiger partial charge in [-0.05, 0) is 84.8 Å². The summed E-state index contributed by atoms with van der Waals surface area (Å²) in [6, 6.07) is 27.0. The van der Waals surface area contributed by atoms with Crippen LogP contribution in [0.3, 0.4) is 0 Å². The number of aromatic nitrogens is 2. The van der Waals surface area contributed by atoms with Gasteiger partial charge in [-0.15, -0.1) is 0 Å². The molecule has 6 rings (SSSR count). The van der Waals surface area contributed by atoms with Gasteiger partial charge in [-0.2, -0.15) is 0 Å². The number of aryl methyl sites for hydroxylation is 1. The summed E-state index contributed by atoms with van der Waals surface area (Å²) in [4.78, 5) is 25.1. The van der Waals surface area contributed by atoms with E-state index in [0.29, 0.717) is 41.8 Å². The number of rotatable bonds is 11. The zero-order valence-electron chi connectivity index (χ0n) is 27.6. The van der Waals surface area contributed by atoms with Crippen LogP contribution in [0.25, 0.3) is 11.0 Å². The van der Waals surface area contributed by atoms with E-state index in [-0.39, 0.29) is 18.0 Å². The number of amides is 1. The number of para-hydroxylation sites is 2. The van der Waals surface area contributed by atoms with Crippen LogP contribution in [0.4, 0.5) is 0 Å². The lowest BCUT2D eigenvalue weighted by molar-refractivity contribution is -0.128. The standard InChI is InChI=1S/C38H42N4O5/c1-24(37-40-29-15-9-10-16-30(29)41-37)39-38(43)36(26-12-7-6-8-13-26)42-19-11-14-27-22-34(46-4)35(47-5)23-28(27)31(42)20-25-17-18-32(44-2)33(21-25)45-3/h6-10,12-13,15-18,21-24,31,36H,11,14,19-20H2,1-5H3,(H,39,43)(H,40,41). The fourth-order valence-corrected chi connectivity index (χ4v) is 6.68. The van der Waals surface area contributed by atoms with Gasteiger partial charge in [-0.1, -0.05) is 48.5 Å². The third-order valence-corrected chi connectivity index (χ3v) is 9.02. The molecule has 1 aliphatic rings. The maximum Gasteiger partial charge on any atom is 0.242 e. The van der Waals surface area contributed by atoms with Crippen LogP contribution in [0.5, 0.6) is 23.0 Å². The minimum absolute atomic E-state index is 0.0922. The highest BCUT2D eigenvalue weighted by Gasteiger charge is 2.37. The predicted molar refractivity (Wildman–Crippen MR) is 182 cm³/mol. The first-order valence-corrected chi connectivity index (χ1v) is 16.0. The highest BCUT2D eigenvalue weighted by Crippen LogP contribution is 2.43. The van der Waals surface area contributed by atoms with Crippen molar-refractivity contribution in [2.24, 2.45) is 0 Å². The number of hydrogen-bond acceptors (Lipinski definition) is 7. The van der Waals surface area contributed by atoms with Crippen molar-refractivity contribution in [1.29, 1.82) is 0 Å². The zero-order chi connectivity index (χ0) is 32.9. The lowest BCUT2D eigenvalue weighted by atomic mass is 9.91. The van der Waals surface area contributed by atoms with E-state index in [1.807, 2.05) is 73.7 Å². The molecule has 3 unspecified atom stereocenters. The zero-order valence-corrected chi connectivity index (χ0v) is 27.6. The molecule has 3 atom stereocenters. The van der Waals surface area contributed by atoms with E-state index in [0.717, 1.165) is 40.6 Å². The monoisotopic (exact) mass is 634 g/mol. The molecule has 0 spiro atoms. The second-order valence-electron chi connectivity index (χ2n) is 11.8. The number of nitrogens with one attached hydrogen (secondary N) is 2. The molecule has 1 aliphatic heterocycles. The number of hydrogen-bond donors (Lipinski definition) is 2. The minimum Gasteiger partial charge on any atom is -0.493 e. The van der Waals surface area contributed by atoms with E-state index >= 15 is 0 Å². The van der Waals surface area contributed by atoms with Gasteiger partial charge in [-0.3, -0.25) is 9.69 Å². The third-order valence-electron chi connectivity index (χ3n) is 9.02. The average Bonchev–Trinajstić information content (AvgIpc) is 3.48. The molecule has 5 aromatic rings. The molecule has 0 radical (unpaired) electrons. The number of imidazole rings is 1. The summed E-state index contributed by atoms with van der Waals surface area (Å²) in [5.74, 6) is 3.31. The van der Waals surface area contributed by atoms with Gasteiger partial charge in [0, 0.05) is 12.6 Å². The Hall–Kier alpha value is -5.02. The summed E-state index contributed by atoms with van der Waals surface area (Å²) in [5, 5.41) is 3.30. The smallest absolute Gasteiger partial charge is 0.242 e. The molecule has 4 aromatic carbocycles. The summed E-state index contributed by atoms with van der Waals surface area (Å²) in [6.45, 7) is 2.66. The van der Waals surface area contributed by atoms with Crippen molar-refractivity contribution in [2.75, 3.05) is 35.0 Å². The molecule has 9 heteroatoms. The van der Waals surface area contributed by atoms with Crippen LogP contribution in [-0.2, 0) is 17.6 Å². The number of fused-ring (bicyclic) bond motifs is 2. The van der Waals surface area contributed by atoms with Crippen LogP contribution in [-0.4, -0.2) is 55.8 Å². The van der Waals surface area contributed by atoms with Crippen molar-refractivity contribution in [3.8, 4) is 23.0 Å². The second kappa shape index (κ2) is 14.2. The second-order valence-corrected chi connectivity index (χ2v) is 11.8. The van der Waals surface area contributed by atoms with Gasteiger partial charge in [0.05, 0.1) is 45.5 Å². The lowest BCUT2D eigenvalue weighted by Gasteiger charge is -2.38. The van der Waals surface area contributed by atoms with Gasteiger partial charge in [-0.25, -0.2) is 4.98 Å². The molecule has 0 fully saturated rings. The largest absolute Gasteiger partial charge is 0.493 e. The Labute approximate surface area is 275 Å². The molecule has 2 heterocycles.